The molecular weight excluding hydrogens is 318 g/mol. The molecule has 132 valence electrons. The number of hydrogen-bond donors (Lipinski definition) is 1. The SMILES string of the molecule is CC(C)(C)OC(=O)N1CCC(c2ncc(-c3ccccc3)c(=O)[nH]2)C1. The van der Waals surface area contributed by atoms with Gasteiger partial charge in [-0.2, -0.15) is 0 Å². The maximum atomic E-state index is 12.4. The molecule has 1 N–H and O–H groups in total. The molecule has 1 aliphatic rings. The average molecular weight is 341 g/mol. The van der Waals surface area contributed by atoms with Gasteiger partial charge in [0.05, 0.1) is 5.56 Å². The molecule has 1 aromatic heterocycles. The molecule has 25 heavy (non-hydrogen) atoms. The van der Waals surface area contributed by atoms with E-state index >= 15 is 0 Å². The molecule has 0 spiro atoms. The molecule has 2 heterocycles. The molecule has 1 aliphatic heterocycles. The minimum atomic E-state index is -0.515. The van der Waals surface area contributed by atoms with Gasteiger partial charge in [0.1, 0.15) is 11.4 Å². The van der Waals surface area contributed by atoms with Crippen molar-refractivity contribution >= 4 is 6.09 Å². The van der Waals surface area contributed by atoms with Gasteiger partial charge in [-0.1, -0.05) is 30.3 Å². The number of nitrogens with zero attached hydrogens (tertiary/aromatic N) is 2. The Hall–Kier alpha value is -2.63. The van der Waals surface area contributed by atoms with E-state index in [0.717, 1.165) is 12.0 Å². The van der Waals surface area contributed by atoms with Crippen LogP contribution in [0, 0.1) is 0 Å². The molecule has 0 bridgehead atoms. The van der Waals surface area contributed by atoms with Crippen molar-refractivity contribution in [1.29, 1.82) is 0 Å². The van der Waals surface area contributed by atoms with Crippen LogP contribution in [-0.4, -0.2) is 39.7 Å². The third-order valence-electron chi connectivity index (χ3n) is 4.13. The molecule has 0 radical (unpaired) electrons. The van der Waals surface area contributed by atoms with Crippen molar-refractivity contribution in [2.75, 3.05) is 13.1 Å². The summed E-state index contributed by atoms with van der Waals surface area (Å²) in [6.45, 7) is 6.64. The number of ether oxygens (including phenoxy) is 1. The lowest BCUT2D eigenvalue weighted by Gasteiger charge is -2.24. The van der Waals surface area contributed by atoms with Gasteiger partial charge in [-0.3, -0.25) is 4.79 Å². The number of aromatic amines is 1. The van der Waals surface area contributed by atoms with Gasteiger partial charge >= 0.3 is 6.09 Å². The zero-order chi connectivity index (χ0) is 18.0. The van der Waals surface area contributed by atoms with Crippen LogP contribution in [-0.2, 0) is 4.74 Å². The highest BCUT2D eigenvalue weighted by molar-refractivity contribution is 5.68. The number of nitrogens with one attached hydrogen (secondary N) is 1. The lowest BCUT2D eigenvalue weighted by atomic mass is 10.1. The quantitative estimate of drug-likeness (QED) is 0.910. The monoisotopic (exact) mass is 341 g/mol. The van der Waals surface area contributed by atoms with Crippen molar-refractivity contribution in [2.45, 2.75) is 38.7 Å². The molecular formula is C19H23N3O3. The summed E-state index contributed by atoms with van der Waals surface area (Å²) >= 11 is 0. The molecule has 1 fully saturated rings. The average Bonchev–Trinajstić information content (AvgIpc) is 3.04. The number of benzene rings is 1. The number of amides is 1. The van der Waals surface area contributed by atoms with Crippen LogP contribution in [0.4, 0.5) is 4.79 Å². The number of rotatable bonds is 2. The van der Waals surface area contributed by atoms with E-state index in [0.29, 0.717) is 24.5 Å². The van der Waals surface area contributed by atoms with E-state index in [1.807, 2.05) is 51.1 Å². The van der Waals surface area contributed by atoms with Gasteiger partial charge in [-0.05, 0) is 32.8 Å². The second-order valence-electron chi connectivity index (χ2n) is 7.29. The van der Waals surface area contributed by atoms with E-state index in [2.05, 4.69) is 9.97 Å². The van der Waals surface area contributed by atoms with Crippen LogP contribution in [0.15, 0.2) is 41.3 Å². The molecule has 6 nitrogen and oxygen atoms in total. The summed E-state index contributed by atoms with van der Waals surface area (Å²) in [6.07, 6.45) is 2.05. The van der Waals surface area contributed by atoms with E-state index in [4.69, 9.17) is 4.74 Å². The van der Waals surface area contributed by atoms with Crippen molar-refractivity contribution in [3.63, 3.8) is 0 Å². The summed E-state index contributed by atoms with van der Waals surface area (Å²) in [6, 6.07) is 9.44. The summed E-state index contributed by atoms with van der Waals surface area (Å²) in [5.74, 6) is 0.640. The highest BCUT2D eigenvalue weighted by Crippen LogP contribution is 2.26. The second kappa shape index (κ2) is 6.70. The van der Waals surface area contributed by atoms with Gasteiger partial charge < -0.3 is 14.6 Å². The molecule has 0 saturated carbocycles. The van der Waals surface area contributed by atoms with Crippen LogP contribution in [0.25, 0.3) is 11.1 Å². The number of likely N-dealkylation sites (tertiary alicyclic amines) is 1. The first-order valence-electron chi connectivity index (χ1n) is 8.46. The van der Waals surface area contributed by atoms with Crippen LogP contribution >= 0.6 is 0 Å². The first kappa shape index (κ1) is 17.2. The van der Waals surface area contributed by atoms with E-state index in [1.54, 1.807) is 11.1 Å². The molecule has 1 amide bonds. The highest BCUT2D eigenvalue weighted by atomic mass is 16.6. The van der Waals surface area contributed by atoms with Gasteiger partial charge in [-0.15, -0.1) is 0 Å². The predicted molar refractivity (Wildman–Crippen MR) is 95.5 cm³/mol. The van der Waals surface area contributed by atoms with Crippen molar-refractivity contribution in [2.24, 2.45) is 0 Å². The minimum Gasteiger partial charge on any atom is -0.444 e. The highest BCUT2D eigenvalue weighted by Gasteiger charge is 2.31. The van der Waals surface area contributed by atoms with E-state index < -0.39 is 5.60 Å². The second-order valence-corrected chi connectivity index (χ2v) is 7.29. The van der Waals surface area contributed by atoms with Crippen LogP contribution in [0.2, 0.25) is 0 Å². The zero-order valence-corrected chi connectivity index (χ0v) is 14.8. The Morgan fingerprint density at radius 3 is 2.64 bits per heavy atom. The maximum absolute atomic E-state index is 12.4. The Balaban J connectivity index is 1.73. The molecule has 3 rings (SSSR count). The van der Waals surface area contributed by atoms with Crippen molar-refractivity contribution < 1.29 is 9.53 Å². The van der Waals surface area contributed by atoms with E-state index in [-0.39, 0.29) is 17.6 Å². The number of hydrogen-bond acceptors (Lipinski definition) is 4. The fraction of sp³-hybridized carbons (Fsp3) is 0.421. The zero-order valence-electron chi connectivity index (χ0n) is 14.8. The summed E-state index contributed by atoms with van der Waals surface area (Å²) in [7, 11) is 0. The lowest BCUT2D eigenvalue weighted by molar-refractivity contribution is 0.0292. The summed E-state index contributed by atoms with van der Waals surface area (Å²) in [5.41, 5.74) is 0.710. The Labute approximate surface area is 146 Å². The van der Waals surface area contributed by atoms with E-state index in [9.17, 15) is 9.59 Å². The Morgan fingerprint density at radius 2 is 2.00 bits per heavy atom. The first-order valence-corrected chi connectivity index (χ1v) is 8.46. The van der Waals surface area contributed by atoms with Gasteiger partial charge in [0, 0.05) is 25.2 Å². The van der Waals surface area contributed by atoms with Crippen molar-refractivity contribution in [3.05, 3.63) is 52.7 Å². The fourth-order valence-corrected chi connectivity index (χ4v) is 2.92. The number of aromatic nitrogens is 2. The fourth-order valence-electron chi connectivity index (χ4n) is 2.92. The number of carbonyl (C=O) groups excluding carboxylic acids is 1. The smallest absolute Gasteiger partial charge is 0.410 e. The van der Waals surface area contributed by atoms with Crippen molar-refractivity contribution in [3.8, 4) is 11.1 Å². The van der Waals surface area contributed by atoms with Gasteiger partial charge in [0.2, 0.25) is 0 Å². The number of carbonyl (C=O) groups is 1. The van der Waals surface area contributed by atoms with Gasteiger partial charge in [0.25, 0.3) is 5.56 Å². The standard InChI is InChI=1S/C19H23N3O3/c1-19(2,3)25-18(24)22-10-9-14(12-22)16-20-11-15(17(23)21-16)13-7-5-4-6-8-13/h4-8,11,14H,9-10,12H2,1-3H3,(H,20,21,23). The normalized spacial score (nSPS) is 17.6. The van der Waals surface area contributed by atoms with Gasteiger partial charge in [0.15, 0.2) is 0 Å². The van der Waals surface area contributed by atoms with E-state index in [1.165, 1.54) is 0 Å². The topological polar surface area (TPSA) is 75.3 Å². The maximum Gasteiger partial charge on any atom is 0.410 e. The Kier molecular flexibility index (Phi) is 4.61. The van der Waals surface area contributed by atoms with Crippen LogP contribution in [0.1, 0.15) is 38.9 Å². The van der Waals surface area contributed by atoms with Crippen LogP contribution in [0.5, 0.6) is 0 Å². The molecule has 1 unspecified atom stereocenters. The predicted octanol–water partition coefficient (Wildman–Crippen LogP) is 3.16. The third kappa shape index (κ3) is 4.07. The molecule has 0 aliphatic carbocycles. The Bertz CT molecular complexity index is 809. The summed E-state index contributed by atoms with van der Waals surface area (Å²) in [4.78, 5) is 33.5. The number of H-pyrrole nitrogens is 1. The largest absolute Gasteiger partial charge is 0.444 e. The van der Waals surface area contributed by atoms with Crippen molar-refractivity contribution in [1.82, 2.24) is 14.9 Å². The third-order valence-corrected chi connectivity index (χ3v) is 4.13. The van der Waals surface area contributed by atoms with Gasteiger partial charge in [-0.25, -0.2) is 9.78 Å². The molecule has 6 heteroatoms. The molecule has 1 saturated heterocycles. The lowest BCUT2D eigenvalue weighted by Crippen LogP contribution is -2.35. The first-order chi connectivity index (χ1) is 11.8. The molecule has 1 aromatic carbocycles. The van der Waals surface area contributed by atoms with Crippen LogP contribution in [0.3, 0.4) is 0 Å². The summed E-state index contributed by atoms with van der Waals surface area (Å²) < 4.78 is 5.40. The molecule has 2 aromatic rings. The van der Waals surface area contributed by atoms with Crippen LogP contribution < -0.4 is 5.56 Å². The molecule has 1 atom stereocenters. The minimum absolute atomic E-state index is 0.0186. The summed E-state index contributed by atoms with van der Waals surface area (Å²) in [5, 5.41) is 0. The Morgan fingerprint density at radius 1 is 1.28 bits per heavy atom.